The van der Waals surface area contributed by atoms with Crippen LogP contribution in [0.5, 0.6) is 11.5 Å². The highest BCUT2D eigenvalue weighted by Crippen LogP contribution is 2.42. The molecule has 0 saturated carbocycles. The first-order valence-corrected chi connectivity index (χ1v) is 6.62. The predicted molar refractivity (Wildman–Crippen MR) is 69.7 cm³/mol. The van der Waals surface area contributed by atoms with E-state index in [1.807, 2.05) is 0 Å². The van der Waals surface area contributed by atoms with Crippen molar-refractivity contribution >= 4 is 0 Å². The van der Waals surface area contributed by atoms with Crippen LogP contribution in [0, 0.1) is 5.92 Å². The van der Waals surface area contributed by atoms with Gasteiger partial charge >= 0.3 is 6.29 Å². The van der Waals surface area contributed by atoms with Crippen LogP contribution in [0.3, 0.4) is 0 Å². The highest BCUT2D eigenvalue weighted by atomic mass is 19.3. The van der Waals surface area contributed by atoms with Gasteiger partial charge in [-0.05, 0) is 36.5 Å². The van der Waals surface area contributed by atoms with Gasteiger partial charge in [0.25, 0.3) is 0 Å². The monoisotopic (exact) mass is 287 g/mol. The molecule has 0 saturated heterocycles. The van der Waals surface area contributed by atoms with Gasteiger partial charge in [-0.25, -0.2) is 0 Å². The minimum atomic E-state index is -3.64. The zero-order valence-corrected chi connectivity index (χ0v) is 11.5. The lowest BCUT2D eigenvalue weighted by molar-refractivity contribution is -0.286. The van der Waals surface area contributed by atoms with Gasteiger partial charge < -0.3 is 20.3 Å². The van der Waals surface area contributed by atoms with Crippen molar-refractivity contribution in [3.05, 3.63) is 23.8 Å². The van der Waals surface area contributed by atoms with E-state index in [1.54, 1.807) is 6.07 Å². The highest BCUT2D eigenvalue weighted by Gasteiger charge is 2.43. The second-order valence-electron chi connectivity index (χ2n) is 5.44. The molecule has 1 heterocycles. The van der Waals surface area contributed by atoms with Crippen molar-refractivity contribution in [1.82, 2.24) is 0 Å². The van der Waals surface area contributed by atoms with Crippen LogP contribution in [-0.2, 0) is 0 Å². The Labute approximate surface area is 116 Å². The lowest BCUT2D eigenvalue weighted by atomic mass is 9.96. The van der Waals surface area contributed by atoms with E-state index in [2.05, 4.69) is 23.3 Å². The molecule has 0 bridgehead atoms. The number of rotatable bonds is 5. The lowest BCUT2D eigenvalue weighted by Gasteiger charge is -2.20. The fourth-order valence-electron chi connectivity index (χ4n) is 2.08. The fourth-order valence-corrected chi connectivity index (χ4v) is 2.08. The molecule has 0 aliphatic carbocycles. The Morgan fingerprint density at radius 1 is 1.20 bits per heavy atom. The van der Waals surface area contributed by atoms with Crippen LogP contribution in [0.25, 0.3) is 0 Å². The molecular formula is C14H19F2NO3. The van der Waals surface area contributed by atoms with Gasteiger partial charge in [0.1, 0.15) is 0 Å². The van der Waals surface area contributed by atoms with Crippen LogP contribution >= 0.6 is 0 Å². The Balaban J connectivity index is 2.07. The number of benzene rings is 1. The van der Waals surface area contributed by atoms with Gasteiger partial charge in [0, 0.05) is 0 Å². The number of alkyl halides is 2. The maximum Gasteiger partial charge on any atom is 0.586 e. The number of nitrogens with two attached hydrogens (primary N) is 1. The van der Waals surface area contributed by atoms with E-state index in [0.717, 1.165) is 6.42 Å². The van der Waals surface area contributed by atoms with Gasteiger partial charge in [0.05, 0.1) is 12.1 Å². The molecule has 0 fully saturated rings. The third-order valence-electron chi connectivity index (χ3n) is 3.26. The standard InChI is InChI=1S/C14H19F2NO3/c1-8(2)3-5-10(18)13(17)9-4-6-11-12(7-9)20-14(15,16)19-11/h4,6-8,10,13,18H,3,5,17H2,1-2H3/t10-,13+/m1/s1. The molecule has 0 amide bonds. The summed E-state index contributed by atoms with van der Waals surface area (Å²) in [7, 11) is 0. The molecule has 2 rings (SSSR count). The smallest absolute Gasteiger partial charge is 0.395 e. The second kappa shape index (κ2) is 5.54. The molecule has 1 aliphatic heterocycles. The van der Waals surface area contributed by atoms with E-state index < -0.39 is 18.4 Å². The lowest BCUT2D eigenvalue weighted by Crippen LogP contribution is -2.26. The predicted octanol–water partition coefficient (Wildman–Crippen LogP) is 2.81. The molecule has 0 radical (unpaired) electrons. The first-order valence-electron chi connectivity index (χ1n) is 6.62. The second-order valence-corrected chi connectivity index (χ2v) is 5.44. The molecule has 2 atom stereocenters. The SMILES string of the molecule is CC(C)CC[C@@H](O)[C@@H](N)c1ccc2c(c1)OC(F)(F)O2. The summed E-state index contributed by atoms with van der Waals surface area (Å²) in [5.41, 5.74) is 6.50. The average Bonchev–Trinajstić information content (AvgIpc) is 2.67. The molecule has 0 aromatic heterocycles. The Hall–Kier alpha value is -1.40. The Bertz CT molecular complexity index is 479. The summed E-state index contributed by atoms with van der Waals surface area (Å²) in [6.45, 7) is 4.11. The number of hydrogen-bond donors (Lipinski definition) is 2. The van der Waals surface area contributed by atoms with E-state index in [0.29, 0.717) is 17.9 Å². The molecule has 0 spiro atoms. The van der Waals surface area contributed by atoms with Crippen molar-refractivity contribution in [2.45, 2.75) is 45.1 Å². The van der Waals surface area contributed by atoms with Crippen LogP contribution in [0.15, 0.2) is 18.2 Å². The van der Waals surface area contributed by atoms with Crippen LogP contribution in [-0.4, -0.2) is 17.5 Å². The molecule has 1 aromatic carbocycles. The molecule has 112 valence electrons. The fraction of sp³-hybridized carbons (Fsp3) is 0.571. The van der Waals surface area contributed by atoms with Gasteiger partial charge in [0.15, 0.2) is 11.5 Å². The van der Waals surface area contributed by atoms with Crippen molar-refractivity contribution in [1.29, 1.82) is 0 Å². The zero-order valence-electron chi connectivity index (χ0n) is 11.5. The number of aliphatic hydroxyl groups excluding tert-OH is 1. The van der Waals surface area contributed by atoms with Gasteiger partial charge in [0.2, 0.25) is 0 Å². The summed E-state index contributed by atoms with van der Waals surface area (Å²) in [5.74, 6) is 0.383. The minimum absolute atomic E-state index is 0.0254. The maximum atomic E-state index is 12.9. The van der Waals surface area contributed by atoms with E-state index in [9.17, 15) is 13.9 Å². The topological polar surface area (TPSA) is 64.7 Å². The summed E-state index contributed by atoms with van der Waals surface area (Å²) < 4.78 is 34.5. The number of fused-ring (bicyclic) bond motifs is 1. The van der Waals surface area contributed by atoms with E-state index in [4.69, 9.17) is 5.73 Å². The average molecular weight is 287 g/mol. The highest BCUT2D eigenvalue weighted by molar-refractivity contribution is 5.46. The van der Waals surface area contributed by atoms with Crippen LogP contribution in [0.2, 0.25) is 0 Å². The molecule has 6 heteroatoms. The zero-order chi connectivity index (χ0) is 14.9. The first-order chi connectivity index (χ1) is 9.28. The molecule has 0 unspecified atom stereocenters. The number of halogens is 2. The van der Waals surface area contributed by atoms with Crippen molar-refractivity contribution < 1.29 is 23.4 Å². The molecule has 1 aliphatic rings. The molecular weight excluding hydrogens is 268 g/mol. The normalized spacial score (nSPS) is 19.1. The first kappa shape index (κ1) is 15.0. The molecule has 1 aromatic rings. The minimum Gasteiger partial charge on any atom is -0.395 e. The van der Waals surface area contributed by atoms with E-state index in [-0.39, 0.29) is 11.5 Å². The summed E-state index contributed by atoms with van der Waals surface area (Å²) in [6.07, 6.45) is -2.96. The Kier molecular flexibility index (Phi) is 4.15. The third-order valence-corrected chi connectivity index (χ3v) is 3.26. The van der Waals surface area contributed by atoms with Crippen molar-refractivity contribution in [3.63, 3.8) is 0 Å². The summed E-state index contributed by atoms with van der Waals surface area (Å²) in [4.78, 5) is 0. The molecule has 20 heavy (non-hydrogen) atoms. The van der Waals surface area contributed by atoms with Crippen LogP contribution in [0.1, 0.15) is 38.3 Å². The van der Waals surface area contributed by atoms with Gasteiger partial charge in [-0.1, -0.05) is 19.9 Å². The van der Waals surface area contributed by atoms with Crippen molar-refractivity contribution in [2.24, 2.45) is 11.7 Å². The summed E-state index contributed by atoms with van der Waals surface area (Å²) >= 11 is 0. The quantitative estimate of drug-likeness (QED) is 0.874. The van der Waals surface area contributed by atoms with Crippen molar-refractivity contribution in [3.8, 4) is 11.5 Å². The number of aliphatic hydroxyl groups is 1. The van der Waals surface area contributed by atoms with E-state index >= 15 is 0 Å². The summed E-state index contributed by atoms with van der Waals surface area (Å²) in [5, 5.41) is 10.0. The molecule has 3 N–H and O–H groups in total. The Morgan fingerprint density at radius 3 is 2.50 bits per heavy atom. The van der Waals surface area contributed by atoms with Crippen molar-refractivity contribution in [2.75, 3.05) is 0 Å². The number of ether oxygens (including phenoxy) is 2. The largest absolute Gasteiger partial charge is 0.586 e. The van der Waals surface area contributed by atoms with E-state index in [1.165, 1.54) is 12.1 Å². The Morgan fingerprint density at radius 2 is 1.85 bits per heavy atom. The maximum absolute atomic E-state index is 12.9. The number of hydrogen-bond acceptors (Lipinski definition) is 4. The van der Waals surface area contributed by atoms with Gasteiger partial charge in [-0.3, -0.25) is 0 Å². The molecule has 4 nitrogen and oxygen atoms in total. The van der Waals surface area contributed by atoms with Crippen LogP contribution < -0.4 is 15.2 Å². The third kappa shape index (κ3) is 3.37. The van der Waals surface area contributed by atoms with Gasteiger partial charge in [-0.15, -0.1) is 8.78 Å². The van der Waals surface area contributed by atoms with Crippen LogP contribution in [0.4, 0.5) is 8.78 Å². The van der Waals surface area contributed by atoms with Gasteiger partial charge in [-0.2, -0.15) is 0 Å². The summed E-state index contributed by atoms with van der Waals surface area (Å²) in [6, 6.07) is 3.68.